The Balaban J connectivity index is 0.000000176. The van der Waals surface area contributed by atoms with Crippen LogP contribution in [0.2, 0.25) is 0 Å². The minimum atomic E-state index is -4.74. The smallest absolute Gasteiger partial charge is 0.403 e. The van der Waals surface area contributed by atoms with Crippen LogP contribution >= 0.6 is 38.6 Å². The van der Waals surface area contributed by atoms with Gasteiger partial charge < -0.3 is 20.9 Å². The van der Waals surface area contributed by atoms with E-state index in [2.05, 4.69) is 35.4 Å². The summed E-state index contributed by atoms with van der Waals surface area (Å²) in [4.78, 5) is 7.56. The molecule has 31 heavy (non-hydrogen) atoms. The third-order valence-corrected chi connectivity index (χ3v) is 5.43. The van der Waals surface area contributed by atoms with Crippen LogP contribution in [0.5, 0.6) is 11.5 Å². The van der Waals surface area contributed by atoms with Crippen LogP contribution in [-0.2, 0) is 0 Å². The molecule has 0 amide bonds. The Morgan fingerprint density at radius 1 is 0.774 bits per heavy atom. The molecule has 0 spiro atoms. The molecule has 0 aliphatic rings. The number of nitrogens with two attached hydrogens (primary N) is 2. The molecule has 0 bridgehead atoms. The molecule has 4 rings (SSSR count). The number of hydrogen-bond donors (Lipinski definition) is 2. The van der Waals surface area contributed by atoms with Crippen LogP contribution in [0.3, 0.4) is 0 Å². The van der Waals surface area contributed by atoms with Gasteiger partial charge in [-0.3, -0.25) is 0 Å². The van der Waals surface area contributed by atoms with Gasteiger partial charge in [-0.2, -0.15) is 0 Å². The number of ether oxygens (including phenoxy) is 2. The third-order valence-electron chi connectivity index (χ3n) is 3.29. The zero-order valence-electron chi connectivity index (χ0n) is 14.7. The van der Waals surface area contributed by atoms with Gasteiger partial charge in [-0.05, 0) is 24.3 Å². The number of anilines is 2. The molecule has 0 fully saturated rings. The van der Waals surface area contributed by atoms with Crippen molar-refractivity contribution in [1.29, 1.82) is 0 Å². The van der Waals surface area contributed by atoms with E-state index in [1.165, 1.54) is 18.2 Å². The molecule has 0 radical (unpaired) electrons. The second-order valence-corrected chi connectivity index (χ2v) is 8.59. The second kappa shape index (κ2) is 8.55. The van der Waals surface area contributed by atoms with Crippen LogP contribution in [0.25, 0.3) is 20.4 Å². The standard InChI is InChI=1S/C8H4BrF3N2OS.C8H5F3N2OS/c9-3-1-4(15-8(10,11)12)6-5(2-3)16-7(13)14-6;9-8(10,11)14-4-2-1-3-5-6(4)13-7(12)15-5/h1-2H,(H2,13,14);1-3H,(H2,12,13). The summed E-state index contributed by atoms with van der Waals surface area (Å²) in [6, 6.07) is 7.13. The Labute approximate surface area is 185 Å². The van der Waals surface area contributed by atoms with Crippen LogP contribution in [0.4, 0.5) is 36.6 Å². The normalized spacial score (nSPS) is 12.0. The summed E-state index contributed by atoms with van der Waals surface area (Å²) in [5, 5.41) is 0.406. The summed E-state index contributed by atoms with van der Waals surface area (Å²) in [6.07, 6.45) is -9.46. The molecular weight excluding hydrogens is 538 g/mol. The molecule has 2 heterocycles. The number of fused-ring (bicyclic) bond motifs is 2. The fourth-order valence-electron chi connectivity index (χ4n) is 2.33. The van der Waals surface area contributed by atoms with Crippen LogP contribution in [0.1, 0.15) is 0 Å². The zero-order valence-corrected chi connectivity index (χ0v) is 17.9. The number of hydrogen-bond acceptors (Lipinski definition) is 8. The lowest BCUT2D eigenvalue weighted by molar-refractivity contribution is -0.275. The average molecular weight is 547 g/mol. The van der Waals surface area contributed by atoms with E-state index in [0.29, 0.717) is 13.9 Å². The molecule has 0 aliphatic heterocycles. The van der Waals surface area contributed by atoms with Crippen LogP contribution in [-0.4, -0.2) is 22.7 Å². The maximum absolute atomic E-state index is 12.1. The summed E-state index contributed by atoms with van der Waals surface area (Å²) in [5.41, 5.74) is 11.1. The van der Waals surface area contributed by atoms with E-state index in [-0.39, 0.29) is 32.8 Å². The fraction of sp³-hybridized carbons (Fsp3) is 0.125. The van der Waals surface area contributed by atoms with E-state index in [9.17, 15) is 26.3 Å². The molecule has 166 valence electrons. The van der Waals surface area contributed by atoms with Gasteiger partial charge in [0.2, 0.25) is 0 Å². The molecule has 0 saturated carbocycles. The topological polar surface area (TPSA) is 96.3 Å². The highest BCUT2D eigenvalue weighted by atomic mass is 79.9. The van der Waals surface area contributed by atoms with E-state index in [1.807, 2.05) is 0 Å². The highest BCUT2D eigenvalue weighted by Gasteiger charge is 2.33. The lowest BCUT2D eigenvalue weighted by Crippen LogP contribution is -2.17. The van der Waals surface area contributed by atoms with Crippen molar-refractivity contribution in [3.63, 3.8) is 0 Å². The molecule has 2 aromatic carbocycles. The van der Waals surface area contributed by atoms with Crippen LogP contribution < -0.4 is 20.9 Å². The van der Waals surface area contributed by atoms with Gasteiger partial charge in [-0.25, -0.2) is 9.97 Å². The Morgan fingerprint density at radius 2 is 1.29 bits per heavy atom. The predicted octanol–water partition coefficient (Wildman–Crippen LogP) is 6.32. The maximum Gasteiger partial charge on any atom is 0.573 e. The van der Waals surface area contributed by atoms with E-state index in [4.69, 9.17) is 11.5 Å². The average Bonchev–Trinajstić information content (AvgIpc) is 3.14. The van der Waals surface area contributed by atoms with E-state index in [1.54, 1.807) is 12.1 Å². The van der Waals surface area contributed by atoms with Gasteiger partial charge in [-0.1, -0.05) is 44.7 Å². The lowest BCUT2D eigenvalue weighted by atomic mass is 10.3. The molecule has 0 atom stereocenters. The fourth-order valence-corrected chi connectivity index (χ4v) is 4.47. The SMILES string of the molecule is Nc1nc2c(OC(F)(F)F)cc(Br)cc2s1.Nc1nc2c(OC(F)(F)F)cccc2s1. The number of benzene rings is 2. The molecule has 0 unspecified atom stereocenters. The Morgan fingerprint density at radius 3 is 1.87 bits per heavy atom. The third kappa shape index (κ3) is 6.24. The van der Waals surface area contributed by atoms with Crippen molar-refractivity contribution in [3.05, 3.63) is 34.8 Å². The summed E-state index contributed by atoms with van der Waals surface area (Å²) >= 11 is 5.30. The van der Waals surface area contributed by atoms with Gasteiger partial charge in [0.15, 0.2) is 21.8 Å². The minimum absolute atomic E-state index is 0.114. The first-order valence-electron chi connectivity index (χ1n) is 7.83. The van der Waals surface area contributed by atoms with Crippen molar-refractivity contribution >= 4 is 69.3 Å². The number of thiazole rings is 2. The van der Waals surface area contributed by atoms with Crippen molar-refractivity contribution < 1.29 is 35.8 Å². The summed E-state index contributed by atoms with van der Waals surface area (Å²) in [5.74, 6) is -0.683. The van der Waals surface area contributed by atoms with Gasteiger partial charge in [0.25, 0.3) is 0 Å². The highest BCUT2D eigenvalue weighted by molar-refractivity contribution is 9.10. The number of halogens is 7. The van der Waals surface area contributed by atoms with E-state index >= 15 is 0 Å². The first-order chi connectivity index (χ1) is 14.3. The van der Waals surface area contributed by atoms with E-state index in [0.717, 1.165) is 22.7 Å². The summed E-state index contributed by atoms with van der Waals surface area (Å²) in [7, 11) is 0. The molecule has 0 aliphatic carbocycles. The lowest BCUT2D eigenvalue weighted by Gasteiger charge is -2.09. The maximum atomic E-state index is 12.1. The Bertz CT molecular complexity index is 1220. The van der Waals surface area contributed by atoms with Crippen molar-refractivity contribution in [2.45, 2.75) is 12.7 Å². The molecule has 15 heteroatoms. The molecule has 4 aromatic rings. The van der Waals surface area contributed by atoms with Gasteiger partial charge in [0, 0.05) is 4.47 Å². The minimum Gasteiger partial charge on any atom is -0.403 e. The molecule has 4 N–H and O–H groups in total. The Hall–Kier alpha value is -2.52. The number of rotatable bonds is 2. The zero-order chi connectivity index (χ0) is 23.0. The second-order valence-electron chi connectivity index (χ2n) is 5.55. The van der Waals surface area contributed by atoms with Gasteiger partial charge >= 0.3 is 12.7 Å². The number of nitrogen functional groups attached to an aromatic ring is 2. The quantitative estimate of drug-likeness (QED) is 0.286. The number of para-hydroxylation sites is 1. The molecule has 2 aromatic heterocycles. The number of alkyl halides is 6. The summed E-state index contributed by atoms with van der Waals surface area (Å²) < 4.78 is 81.6. The summed E-state index contributed by atoms with van der Waals surface area (Å²) in [6.45, 7) is 0. The number of nitrogens with zero attached hydrogens (tertiary/aromatic N) is 2. The van der Waals surface area contributed by atoms with Crippen LogP contribution in [0.15, 0.2) is 34.8 Å². The van der Waals surface area contributed by atoms with Gasteiger partial charge in [-0.15, -0.1) is 26.3 Å². The molecular formula is C16H9BrF6N4O2S2. The highest BCUT2D eigenvalue weighted by Crippen LogP contribution is 2.37. The van der Waals surface area contributed by atoms with E-state index < -0.39 is 12.7 Å². The van der Waals surface area contributed by atoms with Gasteiger partial charge in [0.1, 0.15) is 11.0 Å². The molecule has 0 saturated heterocycles. The Kier molecular flexibility index (Phi) is 6.38. The monoisotopic (exact) mass is 546 g/mol. The molecule has 6 nitrogen and oxygen atoms in total. The van der Waals surface area contributed by atoms with Crippen molar-refractivity contribution in [2.75, 3.05) is 11.5 Å². The predicted molar refractivity (Wildman–Crippen MR) is 109 cm³/mol. The largest absolute Gasteiger partial charge is 0.573 e. The van der Waals surface area contributed by atoms with Crippen molar-refractivity contribution in [1.82, 2.24) is 9.97 Å². The first kappa shape index (κ1) is 23.1. The number of aromatic nitrogens is 2. The van der Waals surface area contributed by atoms with Crippen molar-refractivity contribution in [2.24, 2.45) is 0 Å². The van der Waals surface area contributed by atoms with Crippen LogP contribution in [0, 0.1) is 0 Å². The van der Waals surface area contributed by atoms with Crippen molar-refractivity contribution in [3.8, 4) is 11.5 Å². The van der Waals surface area contributed by atoms with Gasteiger partial charge in [0.05, 0.1) is 9.40 Å². The first-order valence-corrected chi connectivity index (χ1v) is 10.3.